The molecule has 6 heteroatoms. The molecule has 0 aliphatic carbocycles. The number of hydrogen-bond acceptors (Lipinski definition) is 5. The summed E-state index contributed by atoms with van der Waals surface area (Å²) in [6.45, 7) is 15.1. The van der Waals surface area contributed by atoms with E-state index in [0.29, 0.717) is 0 Å². The Bertz CT molecular complexity index is 684. The van der Waals surface area contributed by atoms with E-state index in [1.54, 1.807) is 0 Å². The standard InChI is InChI=1S/C21H32O5Si/c1-20(2,3)27(6,7)26-17-14(13-11-9-8-10-12-13)22-16-15(17)23-19-18(16)24-21(4,5)25-19/h8-12,14-19H,1-7H3/t14-,15-,16-,17+,18+,19+/m0/s1. The minimum absolute atomic E-state index is 0.107. The van der Waals surface area contributed by atoms with Gasteiger partial charge >= 0.3 is 0 Å². The predicted molar refractivity (Wildman–Crippen MR) is 105 cm³/mol. The molecule has 3 heterocycles. The molecule has 0 amide bonds. The Morgan fingerprint density at radius 3 is 2.22 bits per heavy atom. The fourth-order valence-corrected chi connectivity index (χ4v) is 5.19. The van der Waals surface area contributed by atoms with E-state index in [-0.39, 0.29) is 35.6 Å². The average molecular weight is 393 g/mol. The Kier molecular flexibility index (Phi) is 4.61. The minimum atomic E-state index is -2.01. The molecule has 150 valence electrons. The number of rotatable bonds is 3. The molecule has 0 saturated carbocycles. The summed E-state index contributed by atoms with van der Waals surface area (Å²) in [6, 6.07) is 10.3. The lowest BCUT2D eigenvalue weighted by Gasteiger charge is -2.40. The van der Waals surface area contributed by atoms with Crippen LogP contribution in [0.15, 0.2) is 30.3 Å². The molecular weight excluding hydrogens is 360 g/mol. The Hall–Kier alpha value is -0.763. The number of hydrogen-bond donors (Lipinski definition) is 0. The highest BCUT2D eigenvalue weighted by Gasteiger charge is 2.63. The van der Waals surface area contributed by atoms with E-state index in [2.05, 4.69) is 46.0 Å². The summed E-state index contributed by atoms with van der Waals surface area (Å²) in [5.74, 6) is -0.649. The molecule has 6 atom stereocenters. The van der Waals surface area contributed by atoms with Crippen molar-refractivity contribution < 1.29 is 23.4 Å². The van der Waals surface area contributed by atoms with Crippen LogP contribution in [0.5, 0.6) is 0 Å². The van der Waals surface area contributed by atoms with Gasteiger partial charge in [0.2, 0.25) is 0 Å². The van der Waals surface area contributed by atoms with Crippen LogP contribution in [0.1, 0.15) is 46.3 Å². The lowest BCUT2D eigenvalue weighted by Crippen LogP contribution is -2.48. The Labute approximate surface area is 163 Å². The van der Waals surface area contributed by atoms with E-state index in [9.17, 15) is 0 Å². The molecule has 1 aromatic rings. The van der Waals surface area contributed by atoms with E-state index in [1.165, 1.54) is 0 Å². The fourth-order valence-electron chi connectivity index (χ4n) is 3.90. The first kappa shape index (κ1) is 19.5. The molecule has 3 aliphatic heterocycles. The summed E-state index contributed by atoms with van der Waals surface area (Å²) < 4.78 is 31.7. The zero-order chi connectivity index (χ0) is 19.6. The number of ether oxygens (including phenoxy) is 4. The first-order valence-corrected chi connectivity index (χ1v) is 12.8. The minimum Gasteiger partial charge on any atom is -0.408 e. The highest BCUT2D eigenvalue weighted by molar-refractivity contribution is 6.74. The van der Waals surface area contributed by atoms with Gasteiger partial charge in [-0.15, -0.1) is 0 Å². The molecule has 0 bridgehead atoms. The quantitative estimate of drug-likeness (QED) is 0.714. The van der Waals surface area contributed by atoms with Crippen LogP contribution in [0, 0.1) is 0 Å². The molecule has 5 nitrogen and oxygen atoms in total. The van der Waals surface area contributed by atoms with Crippen molar-refractivity contribution >= 4 is 8.32 Å². The lowest BCUT2D eigenvalue weighted by atomic mass is 10.0. The fraction of sp³-hybridized carbons (Fsp3) is 0.714. The van der Waals surface area contributed by atoms with Gasteiger partial charge in [0.1, 0.15) is 30.5 Å². The predicted octanol–water partition coefficient (Wildman–Crippen LogP) is 4.39. The molecule has 0 aromatic heterocycles. The van der Waals surface area contributed by atoms with Gasteiger partial charge in [0, 0.05) is 0 Å². The Balaban J connectivity index is 1.64. The Morgan fingerprint density at radius 2 is 1.59 bits per heavy atom. The third-order valence-electron chi connectivity index (χ3n) is 6.32. The molecule has 1 aromatic carbocycles. The maximum atomic E-state index is 6.84. The molecule has 3 aliphatic rings. The van der Waals surface area contributed by atoms with Crippen LogP contribution in [0.4, 0.5) is 0 Å². The van der Waals surface area contributed by atoms with Crippen LogP contribution in [0.2, 0.25) is 18.1 Å². The van der Waals surface area contributed by atoms with Gasteiger partial charge in [0.15, 0.2) is 20.4 Å². The topological polar surface area (TPSA) is 46.2 Å². The van der Waals surface area contributed by atoms with Crippen molar-refractivity contribution in [1.29, 1.82) is 0 Å². The van der Waals surface area contributed by atoms with E-state index >= 15 is 0 Å². The molecule has 3 fully saturated rings. The zero-order valence-electron chi connectivity index (χ0n) is 17.4. The summed E-state index contributed by atoms with van der Waals surface area (Å²) in [6.07, 6.45) is -1.31. The SMILES string of the molecule is CC1(C)O[C@H]2O[C@H]3[C@H](O[C@@H](c4ccccc4)[C@H]3O[Si](C)(C)C(C)(C)C)[C@H]2O1. The van der Waals surface area contributed by atoms with Crippen LogP contribution in [0.25, 0.3) is 0 Å². The summed E-state index contributed by atoms with van der Waals surface area (Å²) in [4.78, 5) is 0. The molecule has 0 radical (unpaired) electrons. The Morgan fingerprint density at radius 1 is 0.926 bits per heavy atom. The van der Waals surface area contributed by atoms with Gasteiger partial charge in [-0.1, -0.05) is 51.1 Å². The summed E-state index contributed by atoms with van der Waals surface area (Å²) in [5, 5.41) is 0.107. The lowest BCUT2D eigenvalue weighted by molar-refractivity contribution is -0.214. The van der Waals surface area contributed by atoms with Crippen molar-refractivity contribution in [1.82, 2.24) is 0 Å². The van der Waals surface area contributed by atoms with Crippen molar-refractivity contribution in [3.8, 4) is 0 Å². The normalized spacial score (nSPS) is 38.0. The largest absolute Gasteiger partial charge is 0.408 e. The second kappa shape index (κ2) is 6.37. The van der Waals surface area contributed by atoms with Crippen LogP contribution in [0.3, 0.4) is 0 Å². The van der Waals surface area contributed by atoms with Gasteiger partial charge < -0.3 is 23.4 Å². The first-order valence-electron chi connectivity index (χ1n) is 9.88. The molecule has 0 unspecified atom stereocenters. The highest BCUT2D eigenvalue weighted by atomic mass is 28.4. The summed E-state index contributed by atoms with van der Waals surface area (Å²) in [5.41, 5.74) is 1.12. The molecule has 0 N–H and O–H groups in total. The van der Waals surface area contributed by atoms with E-state index in [1.807, 2.05) is 32.0 Å². The van der Waals surface area contributed by atoms with Crippen molar-refractivity contribution in [2.75, 3.05) is 0 Å². The van der Waals surface area contributed by atoms with Gasteiger partial charge in [-0.2, -0.15) is 0 Å². The number of benzene rings is 1. The van der Waals surface area contributed by atoms with Crippen molar-refractivity contribution in [2.24, 2.45) is 0 Å². The maximum Gasteiger partial charge on any atom is 0.192 e. The zero-order valence-corrected chi connectivity index (χ0v) is 18.4. The third-order valence-corrected chi connectivity index (χ3v) is 10.8. The molecule has 0 spiro atoms. The van der Waals surface area contributed by atoms with Gasteiger partial charge in [-0.3, -0.25) is 0 Å². The van der Waals surface area contributed by atoms with Crippen LogP contribution in [-0.4, -0.2) is 44.8 Å². The monoisotopic (exact) mass is 392 g/mol. The summed E-state index contributed by atoms with van der Waals surface area (Å²) >= 11 is 0. The van der Waals surface area contributed by atoms with Crippen LogP contribution in [-0.2, 0) is 23.4 Å². The van der Waals surface area contributed by atoms with Crippen LogP contribution >= 0.6 is 0 Å². The smallest absolute Gasteiger partial charge is 0.192 e. The third kappa shape index (κ3) is 3.41. The van der Waals surface area contributed by atoms with Gasteiger partial charge in [0.05, 0.1) is 0 Å². The second-order valence-corrected chi connectivity index (χ2v) is 14.6. The molecule has 27 heavy (non-hydrogen) atoms. The van der Waals surface area contributed by atoms with Crippen molar-refractivity contribution in [3.63, 3.8) is 0 Å². The van der Waals surface area contributed by atoms with Crippen LogP contribution < -0.4 is 0 Å². The molecular formula is C21H32O5Si. The van der Waals surface area contributed by atoms with Gasteiger partial charge in [-0.05, 0) is 37.5 Å². The average Bonchev–Trinajstić information content (AvgIpc) is 3.14. The highest BCUT2D eigenvalue weighted by Crippen LogP contribution is 2.50. The first-order chi connectivity index (χ1) is 12.5. The van der Waals surface area contributed by atoms with E-state index < -0.39 is 20.4 Å². The van der Waals surface area contributed by atoms with Gasteiger partial charge in [0.25, 0.3) is 0 Å². The van der Waals surface area contributed by atoms with Crippen molar-refractivity contribution in [3.05, 3.63) is 35.9 Å². The van der Waals surface area contributed by atoms with E-state index in [0.717, 1.165) is 5.56 Å². The molecule has 3 saturated heterocycles. The van der Waals surface area contributed by atoms with E-state index in [4.69, 9.17) is 23.4 Å². The number of fused-ring (bicyclic) bond motifs is 3. The van der Waals surface area contributed by atoms with Gasteiger partial charge in [-0.25, -0.2) is 0 Å². The maximum absolute atomic E-state index is 6.84. The molecule has 4 rings (SSSR count). The second-order valence-electron chi connectivity index (χ2n) is 9.84. The van der Waals surface area contributed by atoms with Crippen molar-refractivity contribution in [2.45, 2.75) is 95.3 Å². The summed E-state index contributed by atoms with van der Waals surface area (Å²) in [7, 11) is -2.01.